The Balaban J connectivity index is 1.38. The highest BCUT2D eigenvalue weighted by atomic mass is 32.2. The van der Waals surface area contributed by atoms with E-state index in [1.807, 2.05) is 24.3 Å². The number of rotatable bonds is 13. The van der Waals surface area contributed by atoms with Gasteiger partial charge >= 0.3 is 5.97 Å². The number of aromatic carboxylic acids is 1. The first kappa shape index (κ1) is 27.3. The predicted octanol–water partition coefficient (Wildman–Crippen LogP) is 7.40. The maximum Gasteiger partial charge on any atom is 0.339 e. The lowest BCUT2D eigenvalue weighted by Gasteiger charge is -2.17. The maximum absolute atomic E-state index is 11.6. The van der Waals surface area contributed by atoms with E-state index in [2.05, 4.69) is 23.5 Å². The van der Waals surface area contributed by atoms with Crippen molar-refractivity contribution in [1.29, 1.82) is 0 Å². The van der Waals surface area contributed by atoms with Crippen molar-refractivity contribution in [2.75, 3.05) is 19.0 Å². The molecule has 1 aliphatic rings. The normalized spacial score (nSPS) is 14.4. The van der Waals surface area contributed by atoms with Gasteiger partial charge in [-0.15, -0.1) is 4.52 Å². The lowest BCUT2D eigenvalue weighted by Crippen LogP contribution is -2.08. The van der Waals surface area contributed by atoms with E-state index >= 15 is 0 Å². The Morgan fingerprint density at radius 3 is 2.45 bits per heavy atom. The Bertz CT molecular complexity index is 1300. The first-order valence-corrected chi connectivity index (χ1v) is 13.7. The van der Waals surface area contributed by atoms with Crippen LogP contribution in [0.5, 0.6) is 28.7 Å². The number of phenolic OH excluding ortho intramolecular Hbond substituents is 1. The van der Waals surface area contributed by atoms with Gasteiger partial charge in [0.1, 0.15) is 40.4 Å². The zero-order valence-corrected chi connectivity index (χ0v) is 22.4. The zero-order valence-electron chi connectivity index (χ0n) is 21.6. The van der Waals surface area contributed by atoms with Crippen molar-refractivity contribution in [2.45, 2.75) is 45.6 Å². The van der Waals surface area contributed by atoms with E-state index in [1.54, 1.807) is 24.3 Å². The minimum Gasteiger partial charge on any atom is -0.507 e. The molecular weight excluding hydrogens is 504 g/mol. The molecule has 0 spiro atoms. The molecule has 0 radical (unpaired) electrons. The van der Waals surface area contributed by atoms with Crippen LogP contribution in [-0.2, 0) is 12.8 Å². The van der Waals surface area contributed by atoms with Gasteiger partial charge in [0.05, 0.1) is 13.2 Å². The topological polar surface area (TPSA) is 110 Å². The fourth-order valence-electron chi connectivity index (χ4n) is 4.24. The third-order valence-electron chi connectivity index (χ3n) is 6.16. The Morgan fingerprint density at radius 1 is 1.00 bits per heavy atom. The molecule has 38 heavy (non-hydrogen) atoms. The van der Waals surface area contributed by atoms with Crippen LogP contribution in [0.25, 0.3) is 0 Å². The number of aromatic hydroxyl groups is 1. The summed E-state index contributed by atoms with van der Waals surface area (Å²) in [5.74, 6) is 2.10. The van der Waals surface area contributed by atoms with E-state index in [4.69, 9.17) is 14.2 Å². The number of para-hydroxylation sites is 1. The highest BCUT2D eigenvalue weighted by Gasteiger charge is 2.21. The second kappa shape index (κ2) is 13.2. The summed E-state index contributed by atoms with van der Waals surface area (Å²) in [5.41, 5.74) is 2.80. The molecule has 0 aromatic heterocycles. The first-order valence-electron chi connectivity index (χ1n) is 12.8. The summed E-state index contributed by atoms with van der Waals surface area (Å²) in [6.45, 7) is 4.98. The van der Waals surface area contributed by atoms with Gasteiger partial charge in [-0.2, -0.15) is 5.11 Å². The highest BCUT2D eigenvalue weighted by Crippen LogP contribution is 2.39. The van der Waals surface area contributed by atoms with E-state index in [9.17, 15) is 15.0 Å². The number of carboxylic acid groups (broad SMARTS) is 1. The van der Waals surface area contributed by atoms with Gasteiger partial charge in [0.2, 0.25) is 0 Å². The van der Waals surface area contributed by atoms with Crippen molar-refractivity contribution in [1.82, 2.24) is 0 Å². The summed E-state index contributed by atoms with van der Waals surface area (Å²) in [6.07, 6.45) is 3.01. The number of nitrogens with zero attached hydrogens (tertiary/aromatic N) is 2. The molecule has 2 N–H and O–H groups in total. The van der Waals surface area contributed by atoms with Crippen molar-refractivity contribution >= 4 is 17.9 Å². The summed E-state index contributed by atoms with van der Waals surface area (Å²) in [5, 5.41) is 24.2. The zero-order chi connectivity index (χ0) is 26.9. The number of ether oxygens (including phenoxy) is 3. The van der Waals surface area contributed by atoms with Crippen LogP contribution in [0.3, 0.4) is 0 Å². The smallest absolute Gasteiger partial charge is 0.339 e. The molecule has 8 nitrogen and oxygen atoms in total. The van der Waals surface area contributed by atoms with Crippen molar-refractivity contribution in [3.63, 3.8) is 0 Å². The van der Waals surface area contributed by atoms with Crippen LogP contribution in [0, 0.1) is 0 Å². The van der Waals surface area contributed by atoms with Crippen molar-refractivity contribution in [3.05, 3.63) is 76.9 Å². The minimum absolute atomic E-state index is 0.107. The third-order valence-corrected chi connectivity index (χ3v) is 6.83. The number of hydrogen-bond acceptors (Lipinski definition) is 8. The highest BCUT2D eigenvalue weighted by molar-refractivity contribution is 7.98. The van der Waals surface area contributed by atoms with Gasteiger partial charge in [0.15, 0.2) is 0 Å². The van der Waals surface area contributed by atoms with Crippen molar-refractivity contribution in [2.24, 2.45) is 9.63 Å². The largest absolute Gasteiger partial charge is 0.507 e. The number of phenols is 1. The molecule has 1 heterocycles. The molecule has 0 saturated carbocycles. The molecule has 0 aliphatic carbocycles. The lowest BCUT2D eigenvalue weighted by molar-refractivity contribution is 0.0694. The maximum atomic E-state index is 11.6. The summed E-state index contributed by atoms with van der Waals surface area (Å²) >= 11 is 1.40. The standard InChI is InChI=1S/C29H32N2O6S/c1-3-9-20-25(12-7-13-26(20)37-27-11-6-5-10-21(27)29(33)34)35-14-8-15-36-28-17-24(32)22(16-19(28)4-2)23-18-38-31-30-23/h5-7,10-13,16-17,23,32H,3-4,8-9,14-15,18H2,1-2H3,(H,33,34). The van der Waals surface area contributed by atoms with Crippen LogP contribution in [0.4, 0.5) is 0 Å². The molecule has 200 valence electrons. The van der Waals surface area contributed by atoms with E-state index in [-0.39, 0.29) is 17.4 Å². The lowest BCUT2D eigenvalue weighted by atomic mass is 10.0. The third kappa shape index (κ3) is 6.58. The summed E-state index contributed by atoms with van der Waals surface area (Å²) in [4.78, 5) is 11.6. The van der Waals surface area contributed by atoms with Crippen LogP contribution in [0.2, 0.25) is 0 Å². The molecular formula is C29H32N2O6S. The molecule has 0 fully saturated rings. The molecule has 0 amide bonds. The molecule has 1 unspecified atom stereocenters. The second-order valence-electron chi connectivity index (χ2n) is 8.82. The van der Waals surface area contributed by atoms with Gasteiger partial charge in [-0.1, -0.05) is 38.5 Å². The average molecular weight is 537 g/mol. The van der Waals surface area contributed by atoms with Gasteiger partial charge in [-0.3, -0.25) is 0 Å². The summed E-state index contributed by atoms with van der Waals surface area (Å²) in [7, 11) is 0. The van der Waals surface area contributed by atoms with Gasteiger partial charge in [0.25, 0.3) is 0 Å². The average Bonchev–Trinajstić information content (AvgIpc) is 3.45. The van der Waals surface area contributed by atoms with Crippen LogP contribution in [0.15, 0.2) is 64.2 Å². The molecule has 1 atom stereocenters. The summed E-state index contributed by atoms with van der Waals surface area (Å²) in [6, 6.07) is 15.7. The van der Waals surface area contributed by atoms with Gasteiger partial charge in [-0.25, -0.2) is 4.79 Å². The first-order chi connectivity index (χ1) is 18.5. The predicted molar refractivity (Wildman–Crippen MR) is 147 cm³/mol. The summed E-state index contributed by atoms with van der Waals surface area (Å²) < 4.78 is 22.1. The van der Waals surface area contributed by atoms with E-state index in [1.165, 1.54) is 18.0 Å². The Morgan fingerprint density at radius 2 is 1.74 bits per heavy atom. The molecule has 4 rings (SSSR count). The quantitative estimate of drug-likeness (QED) is 0.173. The SMILES string of the molecule is CCCc1c(OCCCOc2cc(O)c(C3CSN=N3)cc2CC)cccc1Oc1ccccc1C(=O)O. The molecule has 3 aromatic carbocycles. The molecule has 9 heteroatoms. The van der Waals surface area contributed by atoms with Gasteiger partial charge in [0, 0.05) is 29.4 Å². The fraction of sp³-hybridized carbons (Fsp3) is 0.345. The number of carboxylic acids is 1. The number of carbonyl (C=O) groups is 1. The van der Waals surface area contributed by atoms with E-state index < -0.39 is 5.97 Å². The Hall–Kier alpha value is -3.72. The van der Waals surface area contributed by atoms with Crippen LogP contribution in [0.1, 0.15) is 59.8 Å². The van der Waals surface area contributed by atoms with Gasteiger partial charge < -0.3 is 24.4 Å². The van der Waals surface area contributed by atoms with E-state index in [0.717, 1.165) is 41.7 Å². The monoisotopic (exact) mass is 536 g/mol. The Labute approximate surface area is 226 Å². The minimum atomic E-state index is -1.04. The van der Waals surface area contributed by atoms with Crippen molar-refractivity contribution in [3.8, 4) is 28.7 Å². The molecule has 0 saturated heterocycles. The molecule has 1 aliphatic heterocycles. The number of benzene rings is 3. The van der Waals surface area contributed by atoms with E-state index in [0.29, 0.717) is 42.6 Å². The molecule has 0 bridgehead atoms. The molecule has 3 aromatic rings. The number of aryl methyl sites for hydroxylation is 1. The fourth-order valence-corrected chi connectivity index (χ4v) is 4.87. The number of hydrogen-bond donors (Lipinski definition) is 2. The van der Waals surface area contributed by atoms with Crippen LogP contribution in [-0.4, -0.2) is 35.1 Å². The van der Waals surface area contributed by atoms with Crippen LogP contribution >= 0.6 is 11.9 Å². The van der Waals surface area contributed by atoms with Gasteiger partial charge in [-0.05, 0) is 60.7 Å². The second-order valence-corrected chi connectivity index (χ2v) is 9.57. The van der Waals surface area contributed by atoms with Crippen LogP contribution < -0.4 is 14.2 Å². The Kier molecular flexibility index (Phi) is 9.48. The van der Waals surface area contributed by atoms with Crippen molar-refractivity contribution < 1.29 is 29.2 Å².